The van der Waals surface area contributed by atoms with Crippen molar-refractivity contribution in [2.45, 2.75) is 25.4 Å². The van der Waals surface area contributed by atoms with E-state index in [9.17, 15) is 4.39 Å². The van der Waals surface area contributed by atoms with Crippen LogP contribution in [0, 0.1) is 5.92 Å². The molecular weight excluding hydrogens is 137 g/mol. The molecule has 0 spiro atoms. The van der Waals surface area contributed by atoms with Crippen molar-refractivity contribution in [1.82, 2.24) is 0 Å². The topological polar surface area (TPSA) is 26.0 Å². The summed E-state index contributed by atoms with van der Waals surface area (Å²) in [6.45, 7) is 0. The highest BCUT2D eigenvalue weighted by Gasteiger charge is 2.28. The normalized spacial score (nSPS) is 33.4. The van der Waals surface area contributed by atoms with Gasteiger partial charge in [0.05, 0.1) is 4.99 Å². The third-order valence-corrected chi connectivity index (χ3v) is 1.83. The van der Waals surface area contributed by atoms with Gasteiger partial charge in [-0.15, -0.1) is 0 Å². The second-order valence-electron chi connectivity index (χ2n) is 2.61. The SMILES string of the molecule is NC(=S)CC1CC(F)C1. The Morgan fingerprint density at radius 1 is 1.67 bits per heavy atom. The van der Waals surface area contributed by atoms with Crippen LogP contribution in [0.2, 0.25) is 0 Å². The first-order valence-corrected chi connectivity index (χ1v) is 3.51. The molecule has 0 radical (unpaired) electrons. The third-order valence-electron chi connectivity index (χ3n) is 1.67. The van der Waals surface area contributed by atoms with E-state index in [2.05, 4.69) is 12.2 Å². The van der Waals surface area contributed by atoms with Crippen molar-refractivity contribution < 1.29 is 4.39 Å². The highest BCUT2D eigenvalue weighted by atomic mass is 32.1. The summed E-state index contributed by atoms with van der Waals surface area (Å²) in [5.41, 5.74) is 5.26. The molecule has 0 unspecified atom stereocenters. The average molecular weight is 147 g/mol. The van der Waals surface area contributed by atoms with Gasteiger partial charge in [-0.3, -0.25) is 0 Å². The Hall–Kier alpha value is -0.180. The summed E-state index contributed by atoms with van der Waals surface area (Å²) in [5.74, 6) is 0.442. The van der Waals surface area contributed by atoms with Crippen LogP contribution in [-0.2, 0) is 0 Å². The van der Waals surface area contributed by atoms with E-state index in [0.717, 1.165) is 6.42 Å². The monoisotopic (exact) mass is 147 g/mol. The molecule has 1 fully saturated rings. The Morgan fingerprint density at radius 3 is 2.56 bits per heavy atom. The summed E-state index contributed by atoms with van der Waals surface area (Å²) in [6, 6.07) is 0. The summed E-state index contributed by atoms with van der Waals surface area (Å²) in [5, 5.41) is 0. The van der Waals surface area contributed by atoms with Gasteiger partial charge in [0.1, 0.15) is 6.17 Å². The molecule has 1 rings (SSSR count). The van der Waals surface area contributed by atoms with Crippen molar-refractivity contribution in [2.75, 3.05) is 0 Å². The van der Waals surface area contributed by atoms with E-state index in [-0.39, 0.29) is 0 Å². The smallest absolute Gasteiger partial charge is 0.101 e. The number of hydrogen-bond acceptors (Lipinski definition) is 1. The molecule has 0 amide bonds. The highest BCUT2D eigenvalue weighted by molar-refractivity contribution is 7.80. The lowest BCUT2D eigenvalue weighted by Gasteiger charge is -2.28. The number of nitrogens with two attached hydrogens (primary N) is 1. The first-order chi connectivity index (χ1) is 4.18. The van der Waals surface area contributed by atoms with E-state index in [4.69, 9.17) is 5.73 Å². The molecule has 3 heteroatoms. The Balaban J connectivity index is 2.11. The number of hydrogen-bond donors (Lipinski definition) is 1. The lowest BCUT2D eigenvalue weighted by Crippen LogP contribution is -2.28. The van der Waals surface area contributed by atoms with Gasteiger partial charge in [-0.25, -0.2) is 4.39 Å². The minimum absolute atomic E-state index is 0.442. The fourth-order valence-corrected chi connectivity index (χ4v) is 1.34. The van der Waals surface area contributed by atoms with Gasteiger partial charge in [0, 0.05) is 6.42 Å². The van der Waals surface area contributed by atoms with Crippen LogP contribution >= 0.6 is 12.2 Å². The maximum atomic E-state index is 12.1. The number of halogens is 1. The quantitative estimate of drug-likeness (QED) is 0.598. The number of thiocarbonyl (C=S) groups is 1. The predicted octanol–water partition coefficient (Wildman–Crippen LogP) is 1.41. The van der Waals surface area contributed by atoms with Gasteiger partial charge >= 0.3 is 0 Å². The van der Waals surface area contributed by atoms with Crippen molar-refractivity contribution in [2.24, 2.45) is 11.7 Å². The number of alkyl halides is 1. The summed E-state index contributed by atoms with van der Waals surface area (Å²) in [4.78, 5) is 0.520. The molecule has 52 valence electrons. The van der Waals surface area contributed by atoms with Crippen molar-refractivity contribution in [3.63, 3.8) is 0 Å². The molecule has 0 atom stereocenters. The maximum Gasteiger partial charge on any atom is 0.101 e. The van der Waals surface area contributed by atoms with E-state index in [1.165, 1.54) is 0 Å². The average Bonchev–Trinajstić information content (AvgIpc) is 1.60. The third kappa shape index (κ3) is 1.90. The van der Waals surface area contributed by atoms with Crippen LogP contribution in [0.25, 0.3) is 0 Å². The molecule has 1 nitrogen and oxygen atoms in total. The second-order valence-corrected chi connectivity index (χ2v) is 3.13. The van der Waals surface area contributed by atoms with Crippen LogP contribution in [0.15, 0.2) is 0 Å². The zero-order chi connectivity index (χ0) is 6.85. The fourth-order valence-electron chi connectivity index (χ4n) is 1.11. The molecule has 1 aliphatic carbocycles. The fraction of sp³-hybridized carbons (Fsp3) is 0.833. The molecule has 0 saturated heterocycles. The van der Waals surface area contributed by atoms with Gasteiger partial charge in [0.2, 0.25) is 0 Å². The number of rotatable bonds is 2. The molecule has 1 saturated carbocycles. The maximum absolute atomic E-state index is 12.1. The largest absolute Gasteiger partial charge is 0.393 e. The standard InChI is InChI=1S/C6H10FNS/c7-5-1-4(2-5)3-6(8)9/h4-5H,1-3H2,(H2,8,9). The molecular formula is C6H10FNS. The second kappa shape index (κ2) is 2.60. The molecule has 0 heterocycles. The minimum Gasteiger partial charge on any atom is -0.393 e. The van der Waals surface area contributed by atoms with Gasteiger partial charge in [0.25, 0.3) is 0 Å². The molecule has 9 heavy (non-hydrogen) atoms. The van der Waals surface area contributed by atoms with Crippen molar-refractivity contribution in [1.29, 1.82) is 0 Å². The predicted molar refractivity (Wildman–Crippen MR) is 39.0 cm³/mol. The Kier molecular flexibility index (Phi) is 2.01. The molecule has 2 N–H and O–H groups in total. The highest BCUT2D eigenvalue weighted by Crippen LogP contribution is 2.32. The molecule has 0 aliphatic heterocycles. The summed E-state index contributed by atoms with van der Waals surface area (Å²) < 4.78 is 12.1. The Labute approximate surface area is 59.4 Å². The minimum atomic E-state index is -0.579. The van der Waals surface area contributed by atoms with Crippen LogP contribution in [0.5, 0.6) is 0 Å². The van der Waals surface area contributed by atoms with Crippen LogP contribution in [0.1, 0.15) is 19.3 Å². The van der Waals surface area contributed by atoms with Crippen LogP contribution in [-0.4, -0.2) is 11.2 Å². The first kappa shape index (κ1) is 6.93. The Morgan fingerprint density at radius 2 is 2.22 bits per heavy atom. The zero-order valence-corrected chi connectivity index (χ0v) is 5.96. The molecule has 0 aromatic rings. The zero-order valence-electron chi connectivity index (χ0n) is 5.14. The van der Waals surface area contributed by atoms with Gasteiger partial charge < -0.3 is 5.73 Å². The van der Waals surface area contributed by atoms with Gasteiger partial charge in [-0.1, -0.05) is 12.2 Å². The summed E-state index contributed by atoms with van der Waals surface area (Å²) >= 11 is 4.67. The van der Waals surface area contributed by atoms with Crippen LogP contribution in [0.3, 0.4) is 0 Å². The summed E-state index contributed by atoms with van der Waals surface area (Å²) in [6.07, 6.45) is 1.48. The van der Waals surface area contributed by atoms with Crippen LogP contribution < -0.4 is 5.73 Å². The van der Waals surface area contributed by atoms with E-state index >= 15 is 0 Å². The van der Waals surface area contributed by atoms with E-state index in [1.807, 2.05) is 0 Å². The molecule has 1 aliphatic rings. The Bertz CT molecular complexity index is 120. The van der Waals surface area contributed by atoms with Crippen LogP contribution in [0.4, 0.5) is 4.39 Å². The van der Waals surface area contributed by atoms with E-state index in [0.29, 0.717) is 23.7 Å². The van der Waals surface area contributed by atoms with Gasteiger partial charge in [0.15, 0.2) is 0 Å². The summed E-state index contributed by atoms with van der Waals surface area (Å²) in [7, 11) is 0. The van der Waals surface area contributed by atoms with E-state index < -0.39 is 6.17 Å². The molecule has 0 aromatic carbocycles. The first-order valence-electron chi connectivity index (χ1n) is 3.11. The molecule has 0 bridgehead atoms. The molecule has 0 aromatic heterocycles. The lowest BCUT2D eigenvalue weighted by molar-refractivity contribution is 0.136. The van der Waals surface area contributed by atoms with Crippen molar-refractivity contribution in [3.05, 3.63) is 0 Å². The van der Waals surface area contributed by atoms with Crippen molar-refractivity contribution >= 4 is 17.2 Å². The van der Waals surface area contributed by atoms with Gasteiger partial charge in [-0.05, 0) is 18.8 Å². The van der Waals surface area contributed by atoms with E-state index in [1.54, 1.807) is 0 Å². The lowest BCUT2D eigenvalue weighted by atomic mass is 9.81. The van der Waals surface area contributed by atoms with Crippen molar-refractivity contribution in [3.8, 4) is 0 Å². The van der Waals surface area contributed by atoms with Gasteiger partial charge in [-0.2, -0.15) is 0 Å².